The van der Waals surface area contributed by atoms with Gasteiger partial charge in [-0.2, -0.15) is 0 Å². The van der Waals surface area contributed by atoms with Crippen molar-refractivity contribution < 1.29 is 4.79 Å². The number of piperidine rings is 1. The van der Waals surface area contributed by atoms with E-state index in [4.69, 9.17) is 0 Å². The second kappa shape index (κ2) is 9.46. The van der Waals surface area contributed by atoms with Crippen molar-refractivity contribution in [3.8, 4) is 9.88 Å². The van der Waals surface area contributed by atoms with Gasteiger partial charge in [-0.15, -0.1) is 22.7 Å². The molecule has 3 heterocycles. The quantitative estimate of drug-likeness (QED) is 0.750. The molecule has 1 aliphatic heterocycles. The second-order valence-corrected chi connectivity index (χ2v) is 8.45. The fourth-order valence-corrected chi connectivity index (χ4v) is 4.94. The fraction of sp³-hybridized carbons (Fsp3) is 0.579. The van der Waals surface area contributed by atoms with Gasteiger partial charge >= 0.3 is 0 Å². The Balaban J connectivity index is 1.47. The van der Waals surface area contributed by atoms with Crippen molar-refractivity contribution in [1.29, 1.82) is 0 Å². The summed E-state index contributed by atoms with van der Waals surface area (Å²) in [5, 5.41) is 8.20. The number of nitrogens with zero attached hydrogens (tertiary/aromatic N) is 2. The molecule has 0 saturated carbocycles. The van der Waals surface area contributed by atoms with Crippen LogP contribution in [0.15, 0.2) is 22.9 Å². The van der Waals surface area contributed by atoms with Gasteiger partial charge in [0.1, 0.15) is 5.01 Å². The number of nitrogens with one attached hydrogen (secondary N) is 1. The average molecular weight is 378 g/mol. The standard InChI is InChI=1S/C19H27N3OS2/c1-2-3-9-22-10-5-4-7-16(22)13-20-18(23)12-15-14-25-19(21-15)17-8-6-11-24-17/h6,8,11,14,16H,2-5,7,9-10,12-13H2,1H3,(H,20,23). The molecule has 0 spiro atoms. The van der Waals surface area contributed by atoms with Gasteiger partial charge in [0, 0.05) is 18.0 Å². The summed E-state index contributed by atoms with van der Waals surface area (Å²) < 4.78 is 0. The molecular weight excluding hydrogens is 350 g/mol. The maximum absolute atomic E-state index is 12.3. The molecule has 3 rings (SSSR count). The van der Waals surface area contributed by atoms with Crippen LogP contribution in [0.2, 0.25) is 0 Å². The number of likely N-dealkylation sites (tertiary alicyclic amines) is 1. The van der Waals surface area contributed by atoms with Crippen molar-refractivity contribution in [3.63, 3.8) is 0 Å². The van der Waals surface area contributed by atoms with Crippen LogP contribution in [0.3, 0.4) is 0 Å². The lowest BCUT2D eigenvalue weighted by atomic mass is 10.0. The minimum Gasteiger partial charge on any atom is -0.354 e. The lowest BCUT2D eigenvalue weighted by Crippen LogP contribution is -2.47. The van der Waals surface area contributed by atoms with E-state index in [1.54, 1.807) is 22.7 Å². The Labute approximate surface area is 158 Å². The van der Waals surface area contributed by atoms with Crippen LogP contribution in [0.1, 0.15) is 44.7 Å². The molecule has 0 bridgehead atoms. The molecule has 1 N–H and O–H groups in total. The first kappa shape index (κ1) is 18.5. The van der Waals surface area contributed by atoms with E-state index in [1.165, 1.54) is 43.5 Å². The molecule has 1 aliphatic rings. The van der Waals surface area contributed by atoms with Crippen molar-refractivity contribution in [2.24, 2.45) is 0 Å². The topological polar surface area (TPSA) is 45.2 Å². The third-order valence-corrected chi connectivity index (χ3v) is 6.64. The minimum atomic E-state index is 0.0871. The van der Waals surface area contributed by atoms with Crippen molar-refractivity contribution >= 4 is 28.6 Å². The highest BCUT2D eigenvalue weighted by atomic mass is 32.1. The van der Waals surface area contributed by atoms with Crippen LogP contribution in [0.25, 0.3) is 9.88 Å². The summed E-state index contributed by atoms with van der Waals surface area (Å²) in [6.45, 7) is 5.34. The summed E-state index contributed by atoms with van der Waals surface area (Å²) in [7, 11) is 0. The van der Waals surface area contributed by atoms with Gasteiger partial charge in [-0.05, 0) is 43.8 Å². The average Bonchev–Trinajstić information content (AvgIpc) is 3.30. The summed E-state index contributed by atoms with van der Waals surface area (Å²) in [6.07, 6.45) is 6.62. The van der Waals surface area contributed by atoms with Crippen LogP contribution in [0, 0.1) is 0 Å². The predicted octanol–water partition coefficient (Wildman–Crippen LogP) is 4.18. The van der Waals surface area contributed by atoms with E-state index in [1.807, 2.05) is 11.4 Å². The van der Waals surface area contributed by atoms with Crippen molar-refractivity contribution in [3.05, 3.63) is 28.6 Å². The fourth-order valence-electron chi connectivity index (χ4n) is 3.31. The molecular formula is C19H27N3OS2. The van der Waals surface area contributed by atoms with Crippen molar-refractivity contribution in [2.75, 3.05) is 19.6 Å². The normalized spacial score (nSPS) is 18.4. The highest BCUT2D eigenvalue weighted by molar-refractivity contribution is 7.20. The number of unbranched alkanes of at least 4 members (excludes halogenated alkanes) is 1. The van der Waals surface area contributed by atoms with E-state index in [2.05, 4.69) is 33.6 Å². The van der Waals surface area contributed by atoms with E-state index in [0.717, 1.165) is 23.8 Å². The van der Waals surface area contributed by atoms with Gasteiger partial charge in [0.15, 0.2) is 0 Å². The van der Waals surface area contributed by atoms with E-state index >= 15 is 0 Å². The molecule has 4 nitrogen and oxygen atoms in total. The van der Waals surface area contributed by atoms with Crippen molar-refractivity contribution in [2.45, 2.75) is 51.5 Å². The Hall–Kier alpha value is -1.24. The maximum Gasteiger partial charge on any atom is 0.226 e. The zero-order chi connectivity index (χ0) is 17.5. The zero-order valence-corrected chi connectivity index (χ0v) is 16.5. The molecule has 1 unspecified atom stereocenters. The number of rotatable bonds is 8. The van der Waals surface area contributed by atoms with Crippen LogP contribution in [0.4, 0.5) is 0 Å². The number of thiazole rings is 1. The summed E-state index contributed by atoms with van der Waals surface area (Å²) in [4.78, 5) is 20.6. The van der Waals surface area contributed by atoms with Gasteiger partial charge in [-0.25, -0.2) is 4.98 Å². The minimum absolute atomic E-state index is 0.0871. The summed E-state index contributed by atoms with van der Waals surface area (Å²) in [5.74, 6) is 0.0871. The highest BCUT2D eigenvalue weighted by Gasteiger charge is 2.22. The number of carbonyl (C=O) groups is 1. The van der Waals surface area contributed by atoms with Crippen LogP contribution >= 0.6 is 22.7 Å². The van der Waals surface area contributed by atoms with Gasteiger partial charge < -0.3 is 5.32 Å². The van der Waals surface area contributed by atoms with Gasteiger partial charge in [0.2, 0.25) is 5.91 Å². The highest BCUT2D eigenvalue weighted by Crippen LogP contribution is 2.27. The number of carbonyl (C=O) groups excluding carboxylic acids is 1. The molecule has 1 fully saturated rings. The van der Waals surface area contributed by atoms with Crippen molar-refractivity contribution in [1.82, 2.24) is 15.2 Å². The second-order valence-electron chi connectivity index (χ2n) is 6.64. The molecule has 2 aromatic rings. The van der Waals surface area contributed by atoms with E-state index in [9.17, 15) is 4.79 Å². The molecule has 2 aromatic heterocycles. The Bertz CT molecular complexity index is 653. The smallest absolute Gasteiger partial charge is 0.226 e. The van der Waals surface area contributed by atoms with Crippen LogP contribution in [0.5, 0.6) is 0 Å². The molecule has 136 valence electrons. The number of aromatic nitrogens is 1. The van der Waals surface area contributed by atoms with E-state index < -0.39 is 0 Å². The Morgan fingerprint density at radius 1 is 1.40 bits per heavy atom. The summed E-state index contributed by atoms with van der Waals surface area (Å²) in [6, 6.07) is 4.60. The van der Waals surface area contributed by atoms with E-state index in [-0.39, 0.29) is 5.91 Å². The van der Waals surface area contributed by atoms with Gasteiger partial charge in [-0.1, -0.05) is 25.8 Å². The summed E-state index contributed by atoms with van der Waals surface area (Å²) in [5.41, 5.74) is 0.873. The molecule has 25 heavy (non-hydrogen) atoms. The van der Waals surface area contributed by atoms with Crippen LogP contribution < -0.4 is 5.32 Å². The molecule has 0 aromatic carbocycles. The summed E-state index contributed by atoms with van der Waals surface area (Å²) >= 11 is 3.30. The van der Waals surface area contributed by atoms with Gasteiger partial charge in [0.25, 0.3) is 0 Å². The first-order chi connectivity index (χ1) is 12.3. The van der Waals surface area contributed by atoms with Gasteiger partial charge in [0.05, 0.1) is 17.0 Å². The number of hydrogen-bond acceptors (Lipinski definition) is 5. The van der Waals surface area contributed by atoms with Gasteiger partial charge in [-0.3, -0.25) is 9.69 Å². The first-order valence-electron chi connectivity index (χ1n) is 9.25. The largest absolute Gasteiger partial charge is 0.354 e. The Kier molecular flexibility index (Phi) is 7.02. The maximum atomic E-state index is 12.3. The number of amides is 1. The Morgan fingerprint density at radius 3 is 3.12 bits per heavy atom. The zero-order valence-electron chi connectivity index (χ0n) is 14.9. The lowest BCUT2D eigenvalue weighted by Gasteiger charge is -2.35. The van der Waals surface area contributed by atoms with Crippen LogP contribution in [-0.4, -0.2) is 41.5 Å². The molecule has 6 heteroatoms. The lowest BCUT2D eigenvalue weighted by molar-refractivity contribution is -0.120. The van der Waals surface area contributed by atoms with E-state index in [0.29, 0.717) is 12.5 Å². The van der Waals surface area contributed by atoms with Crippen LogP contribution in [-0.2, 0) is 11.2 Å². The first-order valence-corrected chi connectivity index (χ1v) is 11.0. The monoisotopic (exact) mass is 377 g/mol. The number of thiophene rings is 1. The molecule has 0 aliphatic carbocycles. The third-order valence-electron chi connectivity index (χ3n) is 4.71. The predicted molar refractivity (Wildman–Crippen MR) is 106 cm³/mol. The third kappa shape index (κ3) is 5.36. The molecule has 1 amide bonds. The SMILES string of the molecule is CCCCN1CCCCC1CNC(=O)Cc1csc(-c2cccs2)n1. The molecule has 0 radical (unpaired) electrons. The Morgan fingerprint density at radius 2 is 2.32 bits per heavy atom. The molecule has 1 saturated heterocycles. The number of hydrogen-bond donors (Lipinski definition) is 1. The molecule has 1 atom stereocenters.